The van der Waals surface area contributed by atoms with Crippen molar-refractivity contribution < 1.29 is 0 Å². The lowest BCUT2D eigenvalue weighted by atomic mass is 10.1. The second-order valence-corrected chi connectivity index (χ2v) is 4.42. The van der Waals surface area contributed by atoms with Crippen LogP contribution in [0.4, 0.5) is 5.69 Å². The molecule has 1 aromatic heterocycles. The summed E-state index contributed by atoms with van der Waals surface area (Å²) in [5.41, 5.74) is 8.73. The average molecular weight is 230 g/mol. The molecule has 17 heavy (non-hydrogen) atoms. The van der Waals surface area contributed by atoms with Gasteiger partial charge in [0, 0.05) is 24.0 Å². The van der Waals surface area contributed by atoms with Gasteiger partial charge in [0.25, 0.3) is 0 Å². The number of nitrogen functional groups attached to an aromatic ring is 1. The third-order valence-corrected chi connectivity index (χ3v) is 2.65. The van der Waals surface area contributed by atoms with Crippen molar-refractivity contribution in [2.45, 2.75) is 6.54 Å². The quantitative estimate of drug-likeness (QED) is 0.813. The van der Waals surface area contributed by atoms with Gasteiger partial charge in [-0.15, -0.1) is 0 Å². The number of aromatic nitrogens is 2. The van der Waals surface area contributed by atoms with Gasteiger partial charge in [-0.05, 0) is 31.8 Å². The highest BCUT2D eigenvalue weighted by Gasteiger charge is 2.01. The molecule has 0 saturated carbocycles. The molecule has 0 spiro atoms. The Labute approximate surface area is 102 Å². The van der Waals surface area contributed by atoms with Gasteiger partial charge >= 0.3 is 0 Å². The smallest absolute Gasteiger partial charge is 0.0568 e. The fourth-order valence-corrected chi connectivity index (χ4v) is 1.61. The fraction of sp³-hybridized carbons (Fsp3) is 0.308. The van der Waals surface area contributed by atoms with E-state index in [1.807, 2.05) is 35.1 Å². The molecule has 1 heterocycles. The summed E-state index contributed by atoms with van der Waals surface area (Å²) in [5, 5.41) is 4.35. The predicted octanol–water partition coefficient (Wildman–Crippen LogP) is 1.69. The van der Waals surface area contributed by atoms with Crippen LogP contribution in [-0.2, 0) is 6.54 Å². The van der Waals surface area contributed by atoms with Crippen LogP contribution in [0, 0.1) is 0 Å². The Morgan fingerprint density at radius 3 is 2.53 bits per heavy atom. The molecule has 0 radical (unpaired) electrons. The Morgan fingerprint density at radius 1 is 1.18 bits per heavy atom. The molecule has 0 aliphatic rings. The summed E-state index contributed by atoms with van der Waals surface area (Å²) >= 11 is 0. The molecular weight excluding hydrogens is 212 g/mol. The van der Waals surface area contributed by atoms with Crippen molar-refractivity contribution in [2.75, 3.05) is 26.4 Å². The summed E-state index contributed by atoms with van der Waals surface area (Å²) in [5.74, 6) is 0. The Hall–Kier alpha value is -1.81. The van der Waals surface area contributed by atoms with E-state index in [2.05, 4.69) is 30.3 Å². The molecule has 0 fully saturated rings. The molecule has 1 aromatic carbocycles. The second-order valence-electron chi connectivity index (χ2n) is 4.42. The molecule has 0 atom stereocenters. The van der Waals surface area contributed by atoms with Gasteiger partial charge in [-0.3, -0.25) is 4.68 Å². The van der Waals surface area contributed by atoms with Crippen LogP contribution in [0.15, 0.2) is 36.7 Å². The van der Waals surface area contributed by atoms with Crippen molar-refractivity contribution in [3.8, 4) is 11.1 Å². The average Bonchev–Trinajstić information content (AvgIpc) is 2.76. The number of nitrogens with zero attached hydrogens (tertiary/aromatic N) is 3. The number of rotatable bonds is 4. The maximum Gasteiger partial charge on any atom is 0.0568 e. The van der Waals surface area contributed by atoms with Gasteiger partial charge < -0.3 is 10.6 Å². The molecule has 90 valence electrons. The minimum absolute atomic E-state index is 0.786. The van der Waals surface area contributed by atoms with E-state index in [1.165, 1.54) is 0 Å². The van der Waals surface area contributed by atoms with Gasteiger partial charge in [0.15, 0.2) is 0 Å². The maximum absolute atomic E-state index is 5.66. The molecule has 4 heteroatoms. The van der Waals surface area contributed by atoms with E-state index in [0.29, 0.717) is 0 Å². The summed E-state index contributed by atoms with van der Waals surface area (Å²) in [4.78, 5) is 2.14. The van der Waals surface area contributed by atoms with Crippen LogP contribution in [0.2, 0.25) is 0 Å². The summed E-state index contributed by atoms with van der Waals surface area (Å²) in [7, 11) is 4.12. The molecular formula is C13H18N4. The Kier molecular flexibility index (Phi) is 3.44. The first kappa shape index (κ1) is 11.7. The van der Waals surface area contributed by atoms with E-state index >= 15 is 0 Å². The van der Waals surface area contributed by atoms with Crippen molar-refractivity contribution in [2.24, 2.45) is 0 Å². The lowest BCUT2D eigenvalue weighted by Gasteiger charge is -2.08. The standard InChI is InChI=1S/C13H18N4/c1-16(2)7-8-17-10-12(9-15-17)11-3-5-13(14)6-4-11/h3-6,9-10H,7-8,14H2,1-2H3. The van der Waals surface area contributed by atoms with Crippen LogP contribution >= 0.6 is 0 Å². The maximum atomic E-state index is 5.66. The van der Waals surface area contributed by atoms with E-state index in [1.54, 1.807) is 0 Å². The van der Waals surface area contributed by atoms with Crippen molar-refractivity contribution in [1.29, 1.82) is 0 Å². The molecule has 0 aliphatic carbocycles. The van der Waals surface area contributed by atoms with Crippen LogP contribution in [0.3, 0.4) is 0 Å². The first-order valence-electron chi connectivity index (χ1n) is 5.68. The first-order valence-corrected chi connectivity index (χ1v) is 5.68. The fourth-order valence-electron chi connectivity index (χ4n) is 1.61. The van der Waals surface area contributed by atoms with Crippen LogP contribution in [-0.4, -0.2) is 35.3 Å². The van der Waals surface area contributed by atoms with Gasteiger partial charge in [-0.25, -0.2) is 0 Å². The van der Waals surface area contributed by atoms with Crippen molar-refractivity contribution in [1.82, 2.24) is 14.7 Å². The van der Waals surface area contributed by atoms with Gasteiger partial charge in [0.05, 0.1) is 12.7 Å². The molecule has 4 nitrogen and oxygen atoms in total. The SMILES string of the molecule is CN(C)CCn1cc(-c2ccc(N)cc2)cn1. The molecule has 0 amide bonds. The molecule has 2 N–H and O–H groups in total. The van der Waals surface area contributed by atoms with Crippen LogP contribution < -0.4 is 5.73 Å². The Balaban J connectivity index is 2.10. The highest BCUT2D eigenvalue weighted by molar-refractivity contribution is 5.63. The zero-order valence-electron chi connectivity index (χ0n) is 10.3. The second kappa shape index (κ2) is 5.01. The summed E-state index contributed by atoms with van der Waals surface area (Å²) in [6.07, 6.45) is 3.95. The third kappa shape index (κ3) is 3.07. The van der Waals surface area contributed by atoms with Gasteiger partial charge in [-0.2, -0.15) is 5.10 Å². The minimum Gasteiger partial charge on any atom is -0.399 e. The van der Waals surface area contributed by atoms with Gasteiger partial charge in [0.2, 0.25) is 0 Å². The largest absolute Gasteiger partial charge is 0.399 e. The van der Waals surface area contributed by atoms with E-state index < -0.39 is 0 Å². The molecule has 2 rings (SSSR count). The predicted molar refractivity (Wildman–Crippen MR) is 70.6 cm³/mol. The summed E-state index contributed by atoms with van der Waals surface area (Å²) in [6.45, 7) is 1.89. The number of anilines is 1. The van der Waals surface area contributed by atoms with E-state index in [0.717, 1.165) is 29.9 Å². The van der Waals surface area contributed by atoms with Gasteiger partial charge in [0.1, 0.15) is 0 Å². The monoisotopic (exact) mass is 230 g/mol. The topological polar surface area (TPSA) is 47.1 Å². The minimum atomic E-state index is 0.786. The Morgan fingerprint density at radius 2 is 1.88 bits per heavy atom. The normalized spacial score (nSPS) is 11.0. The molecule has 0 bridgehead atoms. The zero-order valence-corrected chi connectivity index (χ0v) is 10.3. The van der Waals surface area contributed by atoms with Crippen molar-refractivity contribution >= 4 is 5.69 Å². The highest BCUT2D eigenvalue weighted by atomic mass is 15.3. The Bertz CT molecular complexity index is 470. The van der Waals surface area contributed by atoms with Crippen molar-refractivity contribution in [3.63, 3.8) is 0 Å². The van der Waals surface area contributed by atoms with Crippen LogP contribution in [0.5, 0.6) is 0 Å². The highest BCUT2D eigenvalue weighted by Crippen LogP contribution is 2.19. The van der Waals surface area contributed by atoms with Crippen molar-refractivity contribution in [3.05, 3.63) is 36.7 Å². The summed E-state index contributed by atoms with van der Waals surface area (Å²) in [6, 6.07) is 7.85. The first-order chi connectivity index (χ1) is 8.15. The van der Waals surface area contributed by atoms with E-state index in [4.69, 9.17) is 5.73 Å². The van der Waals surface area contributed by atoms with E-state index in [-0.39, 0.29) is 0 Å². The number of hydrogen-bond donors (Lipinski definition) is 1. The summed E-state index contributed by atoms with van der Waals surface area (Å²) < 4.78 is 1.96. The number of likely N-dealkylation sites (N-methyl/N-ethyl adjacent to an activating group) is 1. The molecule has 0 unspecified atom stereocenters. The lowest BCUT2D eigenvalue weighted by Crippen LogP contribution is -2.18. The zero-order chi connectivity index (χ0) is 12.3. The third-order valence-electron chi connectivity index (χ3n) is 2.65. The molecule has 0 saturated heterocycles. The lowest BCUT2D eigenvalue weighted by molar-refractivity contribution is 0.373. The van der Waals surface area contributed by atoms with Gasteiger partial charge in [-0.1, -0.05) is 12.1 Å². The number of hydrogen-bond acceptors (Lipinski definition) is 3. The molecule has 2 aromatic rings. The van der Waals surface area contributed by atoms with Crippen LogP contribution in [0.25, 0.3) is 11.1 Å². The molecule has 0 aliphatic heterocycles. The number of benzene rings is 1. The van der Waals surface area contributed by atoms with Crippen LogP contribution in [0.1, 0.15) is 0 Å². The number of nitrogens with two attached hydrogens (primary N) is 1. The van der Waals surface area contributed by atoms with E-state index in [9.17, 15) is 0 Å².